The van der Waals surface area contributed by atoms with Gasteiger partial charge in [0.1, 0.15) is 11.8 Å². The number of hydrogen-bond donors (Lipinski definition) is 2. The molecule has 2 N–H and O–H groups in total. The number of imidazole rings is 1. The average Bonchev–Trinajstić information content (AvgIpc) is 2.92. The number of unbranched alkanes of at least 4 members (excludes halogenated alkanes) is 5. The van der Waals surface area contributed by atoms with Crippen molar-refractivity contribution < 1.29 is 4.79 Å². The van der Waals surface area contributed by atoms with Gasteiger partial charge in [0, 0.05) is 6.42 Å². The Hall–Kier alpha value is -1.98. The molecule has 0 aliphatic heterocycles. The lowest BCUT2D eigenvalue weighted by atomic mass is 10.1. The van der Waals surface area contributed by atoms with Crippen molar-refractivity contribution in [2.45, 2.75) is 51.9 Å². The molecule has 2 aromatic heterocycles. The van der Waals surface area contributed by atoms with E-state index in [2.05, 4.69) is 32.2 Å². The molecule has 0 unspecified atom stereocenters. The standard InChI is InChI=1S/C14H21N5O/c1-2-3-4-5-6-7-8-11(20)19-14-12-13(16-9-15-12)17-10-18-14/h9-10H,2-8H2,1H3,(H2,15,16,17,18,19,20). The summed E-state index contributed by atoms with van der Waals surface area (Å²) in [6.07, 6.45) is 10.5. The highest BCUT2D eigenvalue weighted by Crippen LogP contribution is 2.15. The van der Waals surface area contributed by atoms with Crippen LogP contribution in [-0.4, -0.2) is 25.8 Å². The Labute approximate surface area is 118 Å². The van der Waals surface area contributed by atoms with Gasteiger partial charge < -0.3 is 10.3 Å². The Morgan fingerprint density at radius 1 is 1.15 bits per heavy atom. The molecule has 2 aromatic rings. The molecule has 0 aliphatic carbocycles. The summed E-state index contributed by atoms with van der Waals surface area (Å²) in [5.74, 6) is 0.499. The Balaban J connectivity index is 1.76. The maximum absolute atomic E-state index is 11.9. The highest BCUT2D eigenvalue weighted by molar-refractivity contribution is 5.96. The lowest BCUT2D eigenvalue weighted by molar-refractivity contribution is -0.116. The smallest absolute Gasteiger partial charge is 0.225 e. The van der Waals surface area contributed by atoms with Gasteiger partial charge in [-0.05, 0) is 6.42 Å². The Morgan fingerprint density at radius 2 is 1.95 bits per heavy atom. The SMILES string of the molecule is CCCCCCCCC(=O)Nc1ncnc2nc[nH]c12. The first-order valence-electron chi connectivity index (χ1n) is 7.25. The zero-order valence-electron chi connectivity index (χ0n) is 11.9. The summed E-state index contributed by atoms with van der Waals surface area (Å²) in [5.41, 5.74) is 1.23. The molecule has 0 fully saturated rings. The van der Waals surface area contributed by atoms with Crippen LogP contribution in [0.5, 0.6) is 0 Å². The lowest BCUT2D eigenvalue weighted by Crippen LogP contribution is -2.12. The van der Waals surface area contributed by atoms with Crippen molar-refractivity contribution in [3.05, 3.63) is 12.7 Å². The second kappa shape index (κ2) is 7.57. The first kappa shape index (κ1) is 14.4. The van der Waals surface area contributed by atoms with E-state index in [1.54, 1.807) is 6.33 Å². The van der Waals surface area contributed by atoms with Gasteiger partial charge in [0.25, 0.3) is 0 Å². The van der Waals surface area contributed by atoms with Crippen LogP contribution in [0.25, 0.3) is 11.2 Å². The number of fused-ring (bicyclic) bond motifs is 1. The first-order valence-corrected chi connectivity index (χ1v) is 7.25. The summed E-state index contributed by atoms with van der Waals surface area (Å²) in [7, 11) is 0. The van der Waals surface area contributed by atoms with E-state index in [0.29, 0.717) is 23.4 Å². The van der Waals surface area contributed by atoms with E-state index in [-0.39, 0.29) is 5.91 Å². The fraction of sp³-hybridized carbons (Fsp3) is 0.571. The molecule has 2 heterocycles. The number of aromatic amines is 1. The molecule has 6 nitrogen and oxygen atoms in total. The van der Waals surface area contributed by atoms with Gasteiger partial charge in [-0.3, -0.25) is 4.79 Å². The Kier molecular flexibility index (Phi) is 5.46. The molecular weight excluding hydrogens is 254 g/mol. The van der Waals surface area contributed by atoms with Crippen molar-refractivity contribution in [2.75, 3.05) is 5.32 Å². The van der Waals surface area contributed by atoms with Crippen LogP contribution in [0.4, 0.5) is 5.82 Å². The molecule has 0 atom stereocenters. The number of amides is 1. The quantitative estimate of drug-likeness (QED) is 0.725. The summed E-state index contributed by atoms with van der Waals surface area (Å²) < 4.78 is 0. The third kappa shape index (κ3) is 4.01. The maximum Gasteiger partial charge on any atom is 0.225 e. The van der Waals surface area contributed by atoms with Crippen molar-refractivity contribution in [3.8, 4) is 0 Å². The minimum absolute atomic E-state index is 0.00454. The molecule has 108 valence electrons. The van der Waals surface area contributed by atoms with Gasteiger partial charge in [-0.2, -0.15) is 0 Å². The summed E-state index contributed by atoms with van der Waals surface area (Å²) >= 11 is 0. The molecule has 0 aromatic carbocycles. The molecular formula is C14H21N5O. The summed E-state index contributed by atoms with van der Waals surface area (Å²) in [5, 5.41) is 2.81. The minimum atomic E-state index is -0.00454. The molecule has 6 heteroatoms. The highest BCUT2D eigenvalue weighted by atomic mass is 16.1. The fourth-order valence-corrected chi connectivity index (χ4v) is 2.12. The molecule has 0 aliphatic rings. The number of carbonyl (C=O) groups is 1. The van der Waals surface area contributed by atoms with Crippen LogP contribution in [0.1, 0.15) is 51.9 Å². The summed E-state index contributed by atoms with van der Waals surface area (Å²) in [6, 6.07) is 0. The molecule has 0 saturated carbocycles. The van der Waals surface area contributed by atoms with Gasteiger partial charge in [0.05, 0.1) is 6.33 Å². The number of rotatable bonds is 8. The van der Waals surface area contributed by atoms with E-state index >= 15 is 0 Å². The monoisotopic (exact) mass is 275 g/mol. The van der Waals surface area contributed by atoms with E-state index in [1.807, 2.05) is 0 Å². The normalized spacial score (nSPS) is 10.8. The van der Waals surface area contributed by atoms with Crippen molar-refractivity contribution >= 4 is 22.9 Å². The number of nitrogens with zero attached hydrogens (tertiary/aromatic N) is 3. The average molecular weight is 275 g/mol. The van der Waals surface area contributed by atoms with Crippen LogP contribution >= 0.6 is 0 Å². The summed E-state index contributed by atoms with van der Waals surface area (Å²) in [6.45, 7) is 2.20. The van der Waals surface area contributed by atoms with E-state index in [1.165, 1.54) is 32.0 Å². The van der Waals surface area contributed by atoms with Gasteiger partial charge in [0.2, 0.25) is 5.91 Å². The van der Waals surface area contributed by atoms with Crippen molar-refractivity contribution in [1.29, 1.82) is 0 Å². The molecule has 0 spiro atoms. The second-order valence-electron chi connectivity index (χ2n) is 4.89. The number of carbonyl (C=O) groups excluding carboxylic acids is 1. The number of aromatic nitrogens is 4. The van der Waals surface area contributed by atoms with E-state index < -0.39 is 0 Å². The third-order valence-corrected chi connectivity index (χ3v) is 3.24. The number of anilines is 1. The zero-order chi connectivity index (χ0) is 14.2. The van der Waals surface area contributed by atoms with E-state index in [9.17, 15) is 4.79 Å². The van der Waals surface area contributed by atoms with Crippen molar-refractivity contribution in [1.82, 2.24) is 19.9 Å². The van der Waals surface area contributed by atoms with Crippen LogP contribution in [-0.2, 0) is 4.79 Å². The fourth-order valence-electron chi connectivity index (χ4n) is 2.12. The predicted molar refractivity (Wildman–Crippen MR) is 78.3 cm³/mol. The second-order valence-corrected chi connectivity index (χ2v) is 4.89. The maximum atomic E-state index is 11.9. The van der Waals surface area contributed by atoms with Gasteiger partial charge in [0.15, 0.2) is 11.5 Å². The van der Waals surface area contributed by atoms with Crippen LogP contribution in [0.15, 0.2) is 12.7 Å². The highest BCUT2D eigenvalue weighted by Gasteiger charge is 2.09. The third-order valence-electron chi connectivity index (χ3n) is 3.24. The number of hydrogen-bond acceptors (Lipinski definition) is 4. The van der Waals surface area contributed by atoms with Crippen LogP contribution in [0.3, 0.4) is 0 Å². The van der Waals surface area contributed by atoms with Gasteiger partial charge >= 0.3 is 0 Å². The van der Waals surface area contributed by atoms with Crippen molar-refractivity contribution in [2.24, 2.45) is 0 Å². The van der Waals surface area contributed by atoms with E-state index in [0.717, 1.165) is 12.8 Å². The predicted octanol–water partition coefficient (Wildman–Crippen LogP) is 3.04. The molecule has 20 heavy (non-hydrogen) atoms. The summed E-state index contributed by atoms with van der Waals surface area (Å²) in [4.78, 5) is 26.9. The van der Waals surface area contributed by atoms with Gasteiger partial charge in [-0.25, -0.2) is 15.0 Å². The molecule has 1 amide bonds. The Morgan fingerprint density at radius 3 is 2.80 bits per heavy atom. The van der Waals surface area contributed by atoms with Crippen LogP contribution in [0, 0.1) is 0 Å². The lowest BCUT2D eigenvalue weighted by Gasteiger charge is -2.04. The largest absolute Gasteiger partial charge is 0.340 e. The molecule has 0 bridgehead atoms. The number of nitrogens with one attached hydrogen (secondary N) is 2. The Bertz CT molecular complexity index is 551. The molecule has 0 radical (unpaired) electrons. The first-order chi connectivity index (χ1) is 9.81. The number of H-pyrrole nitrogens is 1. The molecule has 2 rings (SSSR count). The zero-order valence-corrected chi connectivity index (χ0v) is 11.9. The van der Waals surface area contributed by atoms with E-state index in [4.69, 9.17) is 0 Å². The topological polar surface area (TPSA) is 83.6 Å². The van der Waals surface area contributed by atoms with Crippen LogP contribution < -0.4 is 5.32 Å². The van der Waals surface area contributed by atoms with Crippen LogP contribution in [0.2, 0.25) is 0 Å². The van der Waals surface area contributed by atoms with Gasteiger partial charge in [-0.1, -0.05) is 39.0 Å². The van der Waals surface area contributed by atoms with Crippen molar-refractivity contribution in [3.63, 3.8) is 0 Å². The van der Waals surface area contributed by atoms with Gasteiger partial charge in [-0.15, -0.1) is 0 Å². The minimum Gasteiger partial charge on any atom is -0.340 e. The molecule has 0 saturated heterocycles.